The minimum Gasteiger partial charge on any atom is -0.337 e. The van der Waals surface area contributed by atoms with Crippen LogP contribution in [0.1, 0.15) is 28.8 Å². The summed E-state index contributed by atoms with van der Waals surface area (Å²) in [4.78, 5) is 13.9. The van der Waals surface area contributed by atoms with Crippen LogP contribution in [-0.2, 0) is 0 Å². The molecule has 1 heterocycles. The number of rotatable bonds is 1. The Morgan fingerprint density at radius 2 is 2.17 bits per heavy atom. The first-order valence-corrected chi connectivity index (χ1v) is 5.88. The predicted molar refractivity (Wildman–Crippen MR) is 71.5 cm³/mol. The molecule has 18 heavy (non-hydrogen) atoms. The van der Waals surface area contributed by atoms with Crippen LogP contribution in [0.4, 0.5) is 4.39 Å². The molecule has 1 atom stereocenters. The number of aryl methyl sites for hydroxylation is 1. The third kappa shape index (κ3) is 3.43. The Morgan fingerprint density at radius 1 is 1.44 bits per heavy atom. The van der Waals surface area contributed by atoms with Crippen LogP contribution in [0.5, 0.6) is 0 Å². The molecule has 1 unspecified atom stereocenters. The van der Waals surface area contributed by atoms with E-state index >= 15 is 0 Å². The number of likely N-dealkylation sites (tertiary alicyclic amines) is 1. The van der Waals surface area contributed by atoms with E-state index in [0.717, 1.165) is 18.4 Å². The standard InChI is InChI=1S/C13H17FN2O.ClH/c1-9-5-10(7-11(14)6-9)13(17)16-4-2-3-12(15)8-16;/h5-7,12H,2-4,8,15H2,1H3;1H. The molecule has 2 N–H and O–H groups in total. The highest BCUT2D eigenvalue weighted by molar-refractivity contribution is 5.94. The van der Waals surface area contributed by atoms with Crippen molar-refractivity contribution < 1.29 is 9.18 Å². The number of nitrogens with two attached hydrogens (primary N) is 1. The Hall–Kier alpha value is -1.13. The molecule has 1 aliphatic rings. The minimum absolute atomic E-state index is 0. The average molecular weight is 273 g/mol. The highest BCUT2D eigenvalue weighted by Crippen LogP contribution is 2.15. The number of carbonyl (C=O) groups excluding carboxylic acids is 1. The van der Waals surface area contributed by atoms with Crippen LogP contribution in [0, 0.1) is 12.7 Å². The van der Waals surface area contributed by atoms with Crippen molar-refractivity contribution in [3.8, 4) is 0 Å². The van der Waals surface area contributed by atoms with Gasteiger partial charge in [-0.3, -0.25) is 4.79 Å². The van der Waals surface area contributed by atoms with Crippen LogP contribution in [0.2, 0.25) is 0 Å². The molecule has 100 valence electrons. The second kappa shape index (κ2) is 6.16. The molecular formula is C13H18ClFN2O. The number of hydrogen-bond donors (Lipinski definition) is 1. The van der Waals surface area contributed by atoms with E-state index < -0.39 is 0 Å². The summed E-state index contributed by atoms with van der Waals surface area (Å²) in [5, 5.41) is 0. The van der Waals surface area contributed by atoms with Gasteiger partial charge in [0.1, 0.15) is 5.82 Å². The van der Waals surface area contributed by atoms with Crippen LogP contribution < -0.4 is 5.73 Å². The normalized spacial score (nSPS) is 19.3. The van der Waals surface area contributed by atoms with Gasteiger partial charge in [0.15, 0.2) is 0 Å². The molecule has 1 aromatic rings. The minimum atomic E-state index is -0.366. The van der Waals surface area contributed by atoms with Crippen molar-refractivity contribution in [1.29, 1.82) is 0 Å². The summed E-state index contributed by atoms with van der Waals surface area (Å²) in [5.41, 5.74) is 7.01. The molecule has 1 aromatic carbocycles. The Balaban J connectivity index is 0.00000162. The summed E-state index contributed by atoms with van der Waals surface area (Å²) < 4.78 is 13.2. The lowest BCUT2D eigenvalue weighted by Gasteiger charge is -2.30. The van der Waals surface area contributed by atoms with Gasteiger partial charge in [0, 0.05) is 24.7 Å². The molecule has 1 fully saturated rings. The molecule has 0 saturated carbocycles. The molecule has 0 spiro atoms. The molecule has 0 aromatic heterocycles. The lowest BCUT2D eigenvalue weighted by molar-refractivity contribution is 0.0708. The van der Waals surface area contributed by atoms with Crippen LogP contribution >= 0.6 is 12.4 Å². The molecule has 0 aliphatic carbocycles. The average Bonchev–Trinajstić information content (AvgIpc) is 2.26. The van der Waals surface area contributed by atoms with Crippen molar-refractivity contribution >= 4 is 18.3 Å². The Morgan fingerprint density at radius 3 is 2.78 bits per heavy atom. The second-order valence-electron chi connectivity index (χ2n) is 4.67. The number of piperidine rings is 1. The van der Waals surface area contributed by atoms with Crippen LogP contribution in [0.3, 0.4) is 0 Å². The Labute approximate surface area is 113 Å². The molecule has 0 radical (unpaired) electrons. The summed E-state index contributed by atoms with van der Waals surface area (Å²) in [6.07, 6.45) is 1.87. The fraction of sp³-hybridized carbons (Fsp3) is 0.462. The first-order chi connectivity index (χ1) is 8.06. The van der Waals surface area contributed by atoms with E-state index in [9.17, 15) is 9.18 Å². The van der Waals surface area contributed by atoms with E-state index in [1.165, 1.54) is 12.1 Å². The van der Waals surface area contributed by atoms with Gasteiger partial charge in [-0.25, -0.2) is 4.39 Å². The summed E-state index contributed by atoms with van der Waals surface area (Å²) in [6, 6.07) is 4.46. The van der Waals surface area contributed by atoms with Crippen LogP contribution in [-0.4, -0.2) is 29.9 Å². The zero-order chi connectivity index (χ0) is 12.4. The molecule has 5 heteroatoms. The molecule has 2 rings (SSSR count). The van der Waals surface area contributed by atoms with Crippen molar-refractivity contribution in [3.05, 3.63) is 35.1 Å². The van der Waals surface area contributed by atoms with Crippen molar-refractivity contribution in [2.75, 3.05) is 13.1 Å². The molecule has 3 nitrogen and oxygen atoms in total. The van der Waals surface area contributed by atoms with Crippen molar-refractivity contribution in [3.63, 3.8) is 0 Å². The van der Waals surface area contributed by atoms with Gasteiger partial charge in [-0.05, 0) is 43.5 Å². The monoisotopic (exact) mass is 272 g/mol. The number of benzene rings is 1. The van der Waals surface area contributed by atoms with Gasteiger partial charge in [-0.2, -0.15) is 0 Å². The fourth-order valence-electron chi connectivity index (χ4n) is 2.24. The van der Waals surface area contributed by atoms with E-state index in [4.69, 9.17) is 5.73 Å². The number of amides is 1. The maximum atomic E-state index is 13.2. The summed E-state index contributed by atoms with van der Waals surface area (Å²) >= 11 is 0. The SMILES string of the molecule is Cc1cc(F)cc(C(=O)N2CCCC(N)C2)c1.Cl. The van der Waals surface area contributed by atoms with Gasteiger partial charge in [0.05, 0.1) is 0 Å². The third-order valence-electron chi connectivity index (χ3n) is 3.03. The van der Waals surface area contributed by atoms with E-state index in [-0.39, 0.29) is 30.2 Å². The molecule has 1 saturated heterocycles. The fourth-order valence-corrected chi connectivity index (χ4v) is 2.24. The van der Waals surface area contributed by atoms with E-state index in [1.807, 2.05) is 0 Å². The van der Waals surface area contributed by atoms with Gasteiger partial charge in [0.2, 0.25) is 0 Å². The van der Waals surface area contributed by atoms with Crippen molar-refractivity contribution in [2.24, 2.45) is 5.73 Å². The summed E-state index contributed by atoms with van der Waals surface area (Å²) in [5.74, 6) is -0.489. The Bertz CT molecular complexity index is 419. The molecular weight excluding hydrogens is 255 g/mol. The predicted octanol–water partition coefficient (Wildman–Crippen LogP) is 2.12. The van der Waals surface area contributed by atoms with Gasteiger partial charge in [0.25, 0.3) is 5.91 Å². The highest BCUT2D eigenvalue weighted by atomic mass is 35.5. The van der Waals surface area contributed by atoms with Crippen LogP contribution in [0.25, 0.3) is 0 Å². The first kappa shape index (κ1) is 14.9. The lowest BCUT2D eigenvalue weighted by atomic mass is 10.0. The van der Waals surface area contributed by atoms with Crippen molar-refractivity contribution in [2.45, 2.75) is 25.8 Å². The van der Waals surface area contributed by atoms with Crippen molar-refractivity contribution in [1.82, 2.24) is 4.90 Å². The maximum Gasteiger partial charge on any atom is 0.254 e. The van der Waals surface area contributed by atoms with Crippen LogP contribution in [0.15, 0.2) is 18.2 Å². The van der Waals surface area contributed by atoms with Gasteiger partial charge < -0.3 is 10.6 Å². The quantitative estimate of drug-likeness (QED) is 0.851. The first-order valence-electron chi connectivity index (χ1n) is 5.88. The zero-order valence-corrected chi connectivity index (χ0v) is 11.2. The number of hydrogen-bond acceptors (Lipinski definition) is 2. The summed E-state index contributed by atoms with van der Waals surface area (Å²) in [7, 11) is 0. The molecule has 1 aliphatic heterocycles. The summed E-state index contributed by atoms with van der Waals surface area (Å²) in [6.45, 7) is 3.05. The van der Waals surface area contributed by atoms with Gasteiger partial charge >= 0.3 is 0 Å². The van der Waals surface area contributed by atoms with Gasteiger partial charge in [-0.15, -0.1) is 12.4 Å². The number of nitrogens with zero attached hydrogens (tertiary/aromatic N) is 1. The maximum absolute atomic E-state index is 13.2. The largest absolute Gasteiger partial charge is 0.337 e. The lowest BCUT2D eigenvalue weighted by Crippen LogP contribution is -2.45. The van der Waals surface area contributed by atoms with E-state index in [0.29, 0.717) is 18.7 Å². The smallest absolute Gasteiger partial charge is 0.254 e. The second-order valence-corrected chi connectivity index (χ2v) is 4.67. The number of carbonyl (C=O) groups is 1. The topological polar surface area (TPSA) is 46.3 Å². The van der Waals surface area contributed by atoms with Gasteiger partial charge in [-0.1, -0.05) is 0 Å². The molecule has 1 amide bonds. The highest BCUT2D eigenvalue weighted by Gasteiger charge is 2.22. The Kier molecular flexibility index (Phi) is 5.11. The van der Waals surface area contributed by atoms with E-state index in [2.05, 4.69) is 0 Å². The molecule has 0 bridgehead atoms. The third-order valence-corrected chi connectivity index (χ3v) is 3.03. The van der Waals surface area contributed by atoms with E-state index in [1.54, 1.807) is 17.9 Å². The number of halogens is 2. The zero-order valence-electron chi connectivity index (χ0n) is 10.4.